The van der Waals surface area contributed by atoms with Gasteiger partial charge in [0.05, 0.1) is 4.90 Å². The molecular weight excluding hydrogens is 414 g/mol. The first kappa shape index (κ1) is 23.7. The molecule has 31 heavy (non-hydrogen) atoms. The predicted molar refractivity (Wildman–Crippen MR) is 121 cm³/mol. The van der Waals surface area contributed by atoms with Gasteiger partial charge in [0.1, 0.15) is 6.04 Å². The maximum Gasteiger partial charge on any atom is 0.241 e. The third-order valence-electron chi connectivity index (χ3n) is 6.35. The van der Waals surface area contributed by atoms with E-state index in [0.29, 0.717) is 6.42 Å². The summed E-state index contributed by atoms with van der Waals surface area (Å²) < 4.78 is 28.9. The smallest absolute Gasteiger partial charge is 0.241 e. The second-order valence-corrected chi connectivity index (χ2v) is 11.0. The van der Waals surface area contributed by atoms with Crippen molar-refractivity contribution in [3.05, 3.63) is 23.8 Å². The van der Waals surface area contributed by atoms with Gasteiger partial charge < -0.3 is 10.2 Å². The van der Waals surface area contributed by atoms with E-state index in [1.54, 1.807) is 17.0 Å². The molecule has 2 N–H and O–H groups in total. The van der Waals surface area contributed by atoms with Crippen LogP contribution in [0.15, 0.2) is 23.1 Å². The summed E-state index contributed by atoms with van der Waals surface area (Å²) in [4.78, 5) is 26.7. The minimum atomic E-state index is -3.89. The molecule has 0 spiro atoms. The average molecular weight is 450 g/mol. The van der Waals surface area contributed by atoms with Gasteiger partial charge in [0.2, 0.25) is 21.8 Å². The van der Waals surface area contributed by atoms with Gasteiger partial charge in [-0.3, -0.25) is 9.59 Å². The summed E-state index contributed by atoms with van der Waals surface area (Å²) >= 11 is 0. The Morgan fingerprint density at radius 1 is 1.10 bits per heavy atom. The topological polar surface area (TPSA) is 95.6 Å². The van der Waals surface area contributed by atoms with E-state index >= 15 is 0 Å². The van der Waals surface area contributed by atoms with E-state index in [0.717, 1.165) is 36.9 Å². The first-order valence-corrected chi connectivity index (χ1v) is 12.8. The van der Waals surface area contributed by atoms with Gasteiger partial charge in [-0.1, -0.05) is 39.5 Å². The average Bonchev–Trinajstić information content (AvgIpc) is 2.83. The molecule has 0 radical (unpaired) electrons. The monoisotopic (exact) mass is 449 g/mol. The number of rotatable bonds is 6. The standard InChI is InChI=1S/C23H35N3O4S/c1-15(2)22(23(28)24-19-9-7-5-6-8-10-19)25-31(29,30)20-11-12-21-18(14-20)13-16(3)26(21)17(4)27/h11-12,14-16,19,22,25H,5-10,13H2,1-4H3,(H,24,28)/t16-,22+/m0/s1. The number of hydrogen-bond acceptors (Lipinski definition) is 4. The molecule has 2 atom stereocenters. The van der Waals surface area contributed by atoms with Crippen molar-refractivity contribution in [1.29, 1.82) is 0 Å². The Morgan fingerprint density at radius 2 is 1.74 bits per heavy atom. The molecule has 1 aromatic carbocycles. The van der Waals surface area contributed by atoms with Gasteiger partial charge in [-0.25, -0.2) is 8.42 Å². The molecule has 3 rings (SSSR count). The maximum atomic E-state index is 13.1. The van der Waals surface area contributed by atoms with Crippen LogP contribution in [-0.2, 0) is 26.0 Å². The number of fused-ring (bicyclic) bond motifs is 1. The summed E-state index contributed by atoms with van der Waals surface area (Å²) in [6, 6.07) is 4.08. The Labute approximate surface area is 186 Å². The Bertz CT molecular complexity index is 921. The number of carbonyl (C=O) groups is 2. The van der Waals surface area contributed by atoms with E-state index < -0.39 is 16.1 Å². The van der Waals surface area contributed by atoms with E-state index in [2.05, 4.69) is 10.0 Å². The summed E-state index contributed by atoms with van der Waals surface area (Å²) in [6.45, 7) is 7.14. The van der Waals surface area contributed by atoms with Crippen LogP contribution in [0.25, 0.3) is 0 Å². The zero-order valence-corrected chi connectivity index (χ0v) is 19.8. The first-order chi connectivity index (χ1) is 14.6. The van der Waals surface area contributed by atoms with Gasteiger partial charge >= 0.3 is 0 Å². The molecule has 2 aliphatic rings. The second kappa shape index (κ2) is 9.69. The summed E-state index contributed by atoms with van der Waals surface area (Å²) in [5.74, 6) is -0.513. The number of sulfonamides is 1. The SMILES string of the molecule is CC(=O)N1c2ccc(S(=O)(=O)N[C@@H](C(=O)NC3CCCCCC3)C(C)C)cc2C[C@@H]1C. The molecule has 1 aliphatic carbocycles. The van der Waals surface area contributed by atoms with Crippen LogP contribution in [0.2, 0.25) is 0 Å². The van der Waals surface area contributed by atoms with Crippen molar-refractivity contribution in [3.63, 3.8) is 0 Å². The number of hydrogen-bond donors (Lipinski definition) is 2. The third kappa shape index (κ3) is 5.47. The second-order valence-electron chi connectivity index (χ2n) is 9.27. The van der Waals surface area contributed by atoms with Crippen molar-refractivity contribution < 1.29 is 18.0 Å². The number of nitrogens with zero attached hydrogens (tertiary/aromatic N) is 1. The van der Waals surface area contributed by atoms with Crippen molar-refractivity contribution in [2.24, 2.45) is 5.92 Å². The molecule has 172 valence electrons. The quantitative estimate of drug-likeness (QED) is 0.652. The van der Waals surface area contributed by atoms with E-state index in [9.17, 15) is 18.0 Å². The molecule has 0 unspecified atom stereocenters. The molecule has 8 heteroatoms. The highest BCUT2D eigenvalue weighted by Crippen LogP contribution is 2.34. The van der Waals surface area contributed by atoms with Crippen molar-refractivity contribution in [2.75, 3.05) is 4.90 Å². The van der Waals surface area contributed by atoms with E-state index in [4.69, 9.17) is 0 Å². The first-order valence-electron chi connectivity index (χ1n) is 11.4. The van der Waals surface area contributed by atoms with Gasteiger partial charge in [-0.15, -0.1) is 0 Å². The number of benzene rings is 1. The number of carbonyl (C=O) groups excluding carboxylic acids is 2. The Kier molecular flexibility index (Phi) is 7.42. The zero-order valence-electron chi connectivity index (χ0n) is 19.0. The largest absolute Gasteiger partial charge is 0.352 e. The summed E-state index contributed by atoms with van der Waals surface area (Å²) in [7, 11) is -3.89. The van der Waals surface area contributed by atoms with Gasteiger partial charge in [-0.05, 0) is 55.9 Å². The molecular formula is C23H35N3O4S. The minimum absolute atomic E-state index is 0.00724. The minimum Gasteiger partial charge on any atom is -0.352 e. The lowest BCUT2D eigenvalue weighted by molar-refractivity contribution is -0.124. The molecule has 1 aromatic rings. The van der Waals surface area contributed by atoms with Crippen molar-refractivity contribution in [2.45, 2.75) is 95.7 Å². The Morgan fingerprint density at radius 3 is 2.32 bits per heavy atom. The lowest BCUT2D eigenvalue weighted by Gasteiger charge is -2.25. The number of anilines is 1. The zero-order chi connectivity index (χ0) is 22.8. The lowest BCUT2D eigenvalue weighted by atomic mass is 10.0. The fourth-order valence-corrected chi connectivity index (χ4v) is 6.09. The Hall–Kier alpha value is -1.93. The highest BCUT2D eigenvalue weighted by atomic mass is 32.2. The summed E-state index contributed by atoms with van der Waals surface area (Å²) in [5.41, 5.74) is 1.58. The molecule has 0 saturated heterocycles. The Balaban J connectivity index is 1.77. The van der Waals surface area contributed by atoms with Crippen LogP contribution in [0, 0.1) is 5.92 Å². The summed E-state index contributed by atoms with van der Waals surface area (Å²) in [6.07, 6.45) is 7.04. The van der Waals surface area contributed by atoms with Gasteiger partial charge in [0, 0.05) is 24.7 Å². The maximum absolute atomic E-state index is 13.1. The highest BCUT2D eigenvalue weighted by molar-refractivity contribution is 7.89. The van der Waals surface area contributed by atoms with Crippen LogP contribution in [-0.4, -0.2) is 38.4 Å². The van der Waals surface area contributed by atoms with Crippen LogP contribution >= 0.6 is 0 Å². The van der Waals surface area contributed by atoms with Crippen molar-refractivity contribution >= 4 is 27.5 Å². The molecule has 1 aliphatic heterocycles. The normalized spacial score (nSPS) is 20.9. The molecule has 2 amide bonds. The van der Waals surface area contributed by atoms with Crippen LogP contribution in [0.1, 0.15) is 71.8 Å². The van der Waals surface area contributed by atoms with Crippen LogP contribution in [0.5, 0.6) is 0 Å². The molecule has 0 bridgehead atoms. The van der Waals surface area contributed by atoms with Gasteiger partial charge in [0.25, 0.3) is 0 Å². The van der Waals surface area contributed by atoms with Crippen molar-refractivity contribution in [1.82, 2.24) is 10.0 Å². The van der Waals surface area contributed by atoms with E-state index in [1.165, 1.54) is 25.8 Å². The molecule has 1 fully saturated rings. The fraction of sp³-hybridized carbons (Fsp3) is 0.652. The van der Waals surface area contributed by atoms with Crippen LogP contribution in [0.3, 0.4) is 0 Å². The lowest BCUT2D eigenvalue weighted by Crippen LogP contribution is -2.51. The molecule has 0 aromatic heterocycles. The van der Waals surface area contributed by atoms with Gasteiger partial charge in [0.15, 0.2) is 0 Å². The van der Waals surface area contributed by atoms with Crippen LogP contribution in [0.4, 0.5) is 5.69 Å². The van der Waals surface area contributed by atoms with Gasteiger partial charge in [-0.2, -0.15) is 4.72 Å². The number of nitrogens with one attached hydrogen (secondary N) is 2. The molecule has 1 heterocycles. The third-order valence-corrected chi connectivity index (χ3v) is 7.79. The number of amides is 2. The van der Waals surface area contributed by atoms with Crippen molar-refractivity contribution in [3.8, 4) is 0 Å². The predicted octanol–water partition coefficient (Wildman–Crippen LogP) is 3.13. The highest BCUT2D eigenvalue weighted by Gasteiger charge is 2.33. The molecule has 1 saturated carbocycles. The van der Waals surface area contributed by atoms with E-state index in [-0.39, 0.29) is 34.7 Å². The fourth-order valence-electron chi connectivity index (χ4n) is 4.70. The molecule has 7 nitrogen and oxygen atoms in total. The summed E-state index contributed by atoms with van der Waals surface area (Å²) in [5, 5.41) is 3.07. The van der Waals surface area contributed by atoms with E-state index in [1.807, 2.05) is 20.8 Å². The van der Waals surface area contributed by atoms with Crippen LogP contribution < -0.4 is 14.9 Å².